The molecule has 1 aromatic heterocycles. The Morgan fingerprint density at radius 1 is 1.15 bits per heavy atom. The predicted molar refractivity (Wildman–Crippen MR) is 97.9 cm³/mol. The minimum Gasteiger partial charge on any atom is -0.306 e. The summed E-state index contributed by atoms with van der Waals surface area (Å²) in [6.07, 6.45) is 0. The summed E-state index contributed by atoms with van der Waals surface area (Å²) in [4.78, 5) is 12.6. The number of thioether (sulfide) groups is 1. The number of nitrogens with one attached hydrogen (secondary N) is 1. The molecule has 1 aliphatic rings. The summed E-state index contributed by atoms with van der Waals surface area (Å²) in [6.45, 7) is 0. The van der Waals surface area contributed by atoms with Crippen molar-refractivity contribution in [2.75, 3.05) is 5.32 Å². The molecule has 0 aliphatic carbocycles. The van der Waals surface area contributed by atoms with E-state index >= 15 is 0 Å². The molecule has 0 fully saturated rings. The Balaban J connectivity index is 1.73. The lowest BCUT2D eigenvalue weighted by molar-refractivity contribution is 0.102. The monoisotopic (exact) mass is 391 g/mol. The zero-order chi connectivity index (χ0) is 18.3. The van der Waals surface area contributed by atoms with Gasteiger partial charge in [0, 0.05) is 27.7 Å². The van der Waals surface area contributed by atoms with Crippen LogP contribution >= 0.6 is 23.4 Å². The average Bonchev–Trinajstić information content (AvgIpc) is 3.20. The highest BCUT2D eigenvalue weighted by atomic mass is 35.5. The number of carbonyl (C=O) groups is 1. The zero-order valence-electron chi connectivity index (χ0n) is 13.3. The van der Waals surface area contributed by atoms with Crippen molar-refractivity contribution in [1.29, 1.82) is 0 Å². The number of anilines is 1. The van der Waals surface area contributed by atoms with E-state index in [9.17, 15) is 13.6 Å². The van der Waals surface area contributed by atoms with Gasteiger partial charge in [-0.25, -0.2) is 13.5 Å². The van der Waals surface area contributed by atoms with Gasteiger partial charge in [0.25, 0.3) is 5.91 Å². The first-order valence-electron chi connectivity index (χ1n) is 7.74. The second kappa shape index (κ2) is 6.74. The van der Waals surface area contributed by atoms with Gasteiger partial charge < -0.3 is 5.32 Å². The minimum absolute atomic E-state index is 0.0298. The molecule has 1 amide bonds. The van der Waals surface area contributed by atoms with Crippen molar-refractivity contribution in [3.8, 4) is 5.69 Å². The molecule has 0 radical (unpaired) electrons. The van der Waals surface area contributed by atoms with Crippen LogP contribution in [0.5, 0.6) is 0 Å². The first-order chi connectivity index (χ1) is 12.5. The molecule has 1 N–H and O–H groups in total. The van der Waals surface area contributed by atoms with Gasteiger partial charge in [-0.3, -0.25) is 4.79 Å². The van der Waals surface area contributed by atoms with E-state index < -0.39 is 17.5 Å². The molecule has 2 heterocycles. The van der Waals surface area contributed by atoms with Crippen LogP contribution in [0.4, 0.5) is 14.6 Å². The first-order valence-corrected chi connectivity index (χ1v) is 9.27. The second-order valence-corrected chi connectivity index (χ2v) is 7.16. The molecule has 8 heteroatoms. The van der Waals surface area contributed by atoms with Crippen LogP contribution in [0.1, 0.15) is 21.6 Å². The van der Waals surface area contributed by atoms with Crippen LogP contribution in [0.2, 0.25) is 5.02 Å². The van der Waals surface area contributed by atoms with Gasteiger partial charge in [0.05, 0.1) is 11.4 Å². The Labute approximate surface area is 157 Å². The Hall–Kier alpha value is -2.38. The van der Waals surface area contributed by atoms with Gasteiger partial charge in [-0.15, -0.1) is 0 Å². The summed E-state index contributed by atoms with van der Waals surface area (Å²) in [7, 11) is 0. The molecule has 4 rings (SSSR count). The summed E-state index contributed by atoms with van der Waals surface area (Å²) in [6, 6.07) is 10.2. The molecule has 132 valence electrons. The number of aromatic nitrogens is 2. The van der Waals surface area contributed by atoms with Gasteiger partial charge in [-0.2, -0.15) is 16.9 Å². The van der Waals surface area contributed by atoms with Crippen molar-refractivity contribution in [3.63, 3.8) is 0 Å². The van der Waals surface area contributed by atoms with E-state index in [2.05, 4.69) is 10.4 Å². The van der Waals surface area contributed by atoms with Crippen molar-refractivity contribution in [3.05, 3.63) is 75.9 Å². The molecule has 0 saturated heterocycles. The highest BCUT2D eigenvalue weighted by Crippen LogP contribution is 2.36. The zero-order valence-corrected chi connectivity index (χ0v) is 14.9. The van der Waals surface area contributed by atoms with Gasteiger partial charge in [0.15, 0.2) is 11.6 Å². The third kappa shape index (κ3) is 3.08. The van der Waals surface area contributed by atoms with Gasteiger partial charge in [-0.05, 0) is 36.4 Å². The molecule has 4 nitrogen and oxygen atoms in total. The SMILES string of the molecule is O=C(Nc1c2c(nn1-c1cccc(Cl)c1)CSC2)c1ccc(F)c(F)c1. The van der Waals surface area contributed by atoms with Crippen molar-refractivity contribution in [2.24, 2.45) is 0 Å². The third-order valence-corrected chi connectivity index (χ3v) is 5.22. The van der Waals surface area contributed by atoms with Crippen LogP contribution in [0.25, 0.3) is 5.69 Å². The predicted octanol–water partition coefficient (Wildman–Crippen LogP) is 4.80. The maximum atomic E-state index is 13.4. The Kier molecular flexibility index (Phi) is 4.42. The molecule has 0 bridgehead atoms. The van der Waals surface area contributed by atoms with Crippen LogP contribution in [-0.2, 0) is 11.5 Å². The molecule has 0 unspecified atom stereocenters. The van der Waals surface area contributed by atoms with Gasteiger partial charge in [0.1, 0.15) is 5.82 Å². The van der Waals surface area contributed by atoms with Gasteiger partial charge in [-0.1, -0.05) is 17.7 Å². The number of nitrogens with zero attached hydrogens (tertiary/aromatic N) is 2. The van der Waals surface area contributed by atoms with Crippen LogP contribution in [0.15, 0.2) is 42.5 Å². The second-order valence-electron chi connectivity index (χ2n) is 5.74. The van der Waals surface area contributed by atoms with E-state index in [0.29, 0.717) is 22.3 Å². The van der Waals surface area contributed by atoms with E-state index in [0.717, 1.165) is 29.1 Å². The number of benzene rings is 2. The topological polar surface area (TPSA) is 46.9 Å². The maximum Gasteiger partial charge on any atom is 0.256 e. The molecule has 0 spiro atoms. The van der Waals surface area contributed by atoms with E-state index in [1.807, 2.05) is 6.07 Å². The standard InChI is InChI=1S/C18H12ClF2N3OS/c19-11-2-1-3-12(7-11)24-17(13-8-26-9-16(13)23-24)22-18(25)10-4-5-14(20)15(21)6-10/h1-7H,8-9H2,(H,22,25). The number of rotatable bonds is 3. The molecule has 0 atom stereocenters. The summed E-state index contributed by atoms with van der Waals surface area (Å²) < 4.78 is 28.2. The third-order valence-electron chi connectivity index (χ3n) is 4.02. The van der Waals surface area contributed by atoms with Gasteiger partial charge >= 0.3 is 0 Å². The summed E-state index contributed by atoms with van der Waals surface area (Å²) >= 11 is 7.76. The fraction of sp³-hybridized carbons (Fsp3) is 0.111. The number of halogens is 3. The molecule has 0 saturated carbocycles. The smallest absolute Gasteiger partial charge is 0.256 e. The quantitative estimate of drug-likeness (QED) is 0.697. The molecular weight excluding hydrogens is 380 g/mol. The Bertz CT molecular complexity index is 1020. The number of hydrogen-bond donors (Lipinski definition) is 1. The highest BCUT2D eigenvalue weighted by Gasteiger charge is 2.25. The number of hydrogen-bond acceptors (Lipinski definition) is 3. The number of fused-ring (bicyclic) bond motifs is 1. The molecule has 2 aromatic carbocycles. The molecular formula is C18H12ClF2N3OS. The van der Waals surface area contributed by atoms with Crippen molar-refractivity contribution in [2.45, 2.75) is 11.5 Å². The van der Waals surface area contributed by atoms with Crippen molar-refractivity contribution in [1.82, 2.24) is 9.78 Å². The lowest BCUT2D eigenvalue weighted by Gasteiger charge is -2.11. The molecule has 1 aliphatic heterocycles. The van der Waals surface area contributed by atoms with Crippen LogP contribution in [-0.4, -0.2) is 15.7 Å². The summed E-state index contributed by atoms with van der Waals surface area (Å²) in [5, 5.41) is 7.90. The van der Waals surface area contributed by atoms with E-state index in [1.54, 1.807) is 34.6 Å². The van der Waals surface area contributed by atoms with Crippen molar-refractivity contribution < 1.29 is 13.6 Å². The number of amides is 1. The van der Waals surface area contributed by atoms with Crippen molar-refractivity contribution >= 4 is 35.1 Å². The van der Waals surface area contributed by atoms with Gasteiger partial charge in [0.2, 0.25) is 0 Å². The fourth-order valence-corrected chi connectivity index (χ4v) is 3.97. The van der Waals surface area contributed by atoms with E-state index in [1.165, 1.54) is 6.07 Å². The lowest BCUT2D eigenvalue weighted by Crippen LogP contribution is -2.16. The minimum atomic E-state index is -1.07. The van der Waals surface area contributed by atoms with E-state index in [4.69, 9.17) is 11.6 Å². The summed E-state index contributed by atoms with van der Waals surface area (Å²) in [5.74, 6) is -0.626. The lowest BCUT2D eigenvalue weighted by atomic mass is 10.2. The molecule has 26 heavy (non-hydrogen) atoms. The summed E-state index contributed by atoms with van der Waals surface area (Å²) in [5.41, 5.74) is 2.54. The highest BCUT2D eigenvalue weighted by molar-refractivity contribution is 7.98. The first kappa shape index (κ1) is 17.1. The Morgan fingerprint density at radius 3 is 2.77 bits per heavy atom. The van der Waals surface area contributed by atoms with Crippen LogP contribution < -0.4 is 5.32 Å². The van der Waals surface area contributed by atoms with E-state index in [-0.39, 0.29) is 5.56 Å². The Morgan fingerprint density at radius 2 is 2.00 bits per heavy atom. The van der Waals surface area contributed by atoms with Crippen LogP contribution in [0.3, 0.4) is 0 Å². The largest absolute Gasteiger partial charge is 0.306 e. The average molecular weight is 392 g/mol. The normalized spacial score (nSPS) is 12.9. The molecule has 3 aromatic rings. The van der Waals surface area contributed by atoms with Crippen LogP contribution in [0, 0.1) is 11.6 Å². The fourth-order valence-electron chi connectivity index (χ4n) is 2.75. The maximum absolute atomic E-state index is 13.4. The number of carbonyl (C=O) groups excluding carboxylic acids is 1.